The number of nitrogens with two attached hydrogens (primary N) is 1. The first kappa shape index (κ1) is 11.4. The van der Waals surface area contributed by atoms with Crippen molar-refractivity contribution in [2.45, 2.75) is 12.8 Å². The van der Waals surface area contributed by atoms with Crippen molar-refractivity contribution in [3.63, 3.8) is 0 Å². The summed E-state index contributed by atoms with van der Waals surface area (Å²) in [5, 5.41) is 0. The third-order valence-corrected chi connectivity index (χ3v) is 2.33. The molecule has 1 rings (SSSR count). The Morgan fingerprint density at radius 1 is 1.33 bits per heavy atom. The maximum absolute atomic E-state index is 11.1. The monoisotopic (exact) mass is 209 g/mol. The average Bonchev–Trinajstić information content (AvgIpc) is 2.27. The summed E-state index contributed by atoms with van der Waals surface area (Å²) >= 11 is 0. The molecule has 0 fully saturated rings. The Bertz CT molecular complexity index is 363. The molecule has 82 valence electrons. The Kier molecular flexibility index (Phi) is 3.55. The van der Waals surface area contributed by atoms with Crippen molar-refractivity contribution in [1.29, 1.82) is 0 Å². The van der Waals surface area contributed by atoms with Gasteiger partial charge in [-0.15, -0.1) is 0 Å². The highest BCUT2D eigenvalue weighted by molar-refractivity contribution is 5.82. The molecule has 0 bridgehead atoms. The van der Waals surface area contributed by atoms with Crippen LogP contribution in [0.25, 0.3) is 0 Å². The number of hydrogen-bond acceptors (Lipinski definition) is 3. The number of primary amides is 1. The van der Waals surface area contributed by atoms with Gasteiger partial charge in [0.1, 0.15) is 11.5 Å². The number of ether oxygens (including phenoxy) is 2. The predicted octanol–water partition coefficient (Wildman–Crippen LogP) is 1.29. The summed E-state index contributed by atoms with van der Waals surface area (Å²) in [5.41, 5.74) is 6.01. The van der Waals surface area contributed by atoms with Crippen molar-refractivity contribution in [3.05, 3.63) is 23.8 Å². The van der Waals surface area contributed by atoms with Gasteiger partial charge < -0.3 is 15.2 Å². The van der Waals surface area contributed by atoms with E-state index in [-0.39, 0.29) is 11.8 Å². The van der Waals surface area contributed by atoms with Gasteiger partial charge in [-0.3, -0.25) is 4.79 Å². The van der Waals surface area contributed by atoms with Gasteiger partial charge in [-0.05, 0) is 13.0 Å². The molecule has 15 heavy (non-hydrogen) atoms. The second-order valence-electron chi connectivity index (χ2n) is 3.23. The molecule has 1 amide bonds. The lowest BCUT2D eigenvalue weighted by Gasteiger charge is -2.13. The zero-order valence-electron chi connectivity index (χ0n) is 9.11. The van der Waals surface area contributed by atoms with Gasteiger partial charge >= 0.3 is 0 Å². The minimum Gasteiger partial charge on any atom is -0.497 e. The summed E-state index contributed by atoms with van der Waals surface area (Å²) in [4.78, 5) is 11.1. The third-order valence-electron chi connectivity index (χ3n) is 2.33. The molecule has 2 N–H and O–H groups in total. The summed E-state index contributed by atoms with van der Waals surface area (Å²) in [6.45, 7) is 1.74. The quantitative estimate of drug-likeness (QED) is 0.812. The fourth-order valence-corrected chi connectivity index (χ4v) is 1.33. The summed E-state index contributed by atoms with van der Waals surface area (Å²) in [6.07, 6.45) is 0. The molecule has 0 aliphatic rings. The van der Waals surface area contributed by atoms with E-state index in [2.05, 4.69) is 0 Å². The maximum atomic E-state index is 11.1. The molecule has 1 aromatic rings. The molecule has 4 nitrogen and oxygen atoms in total. The highest BCUT2D eigenvalue weighted by Crippen LogP contribution is 2.30. The van der Waals surface area contributed by atoms with Crippen LogP contribution in [0.1, 0.15) is 18.4 Å². The van der Waals surface area contributed by atoms with E-state index in [1.807, 2.05) is 0 Å². The van der Waals surface area contributed by atoms with Gasteiger partial charge in [0.15, 0.2) is 0 Å². The van der Waals surface area contributed by atoms with Crippen LogP contribution in [0.2, 0.25) is 0 Å². The van der Waals surface area contributed by atoms with E-state index in [1.54, 1.807) is 39.3 Å². The van der Waals surface area contributed by atoms with Gasteiger partial charge in [-0.25, -0.2) is 0 Å². The molecule has 0 saturated carbocycles. The Balaban J connectivity index is 3.12. The van der Waals surface area contributed by atoms with E-state index in [0.29, 0.717) is 11.5 Å². The molecule has 1 atom stereocenters. The summed E-state index contributed by atoms with van der Waals surface area (Å²) < 4.78 is 10.2. The SMILES string of the molecule is COc1ccc(C(C)C(N)=O)c(OC)c1. The largest absolute Gasteiger partial charge is 0.497 e. The number of carbonyl (C=O) groups is 1. The van der Waals surface area contributed by atoms with Crippen LogP contribution in [0.3, 0.4) is 0 Å². The molecule has 1 aromatic carbocycles. The van der Waals surface area contributed by atoms with Crippen LogP contribution in [0.5, 0.6) is 11.5 Å². The van der Waals surface area contributed by atoms with Gasteiger partial charge in [0.05, 0.1) is 20.1 Å². The van der Waals surface area contributed by atoms with Crippen LogP contribution in [0, 0.1) is 0 Å². The second-order valence-corrected chi connectivity index (χ2v) is 3.23. The molecular formula is C11H15NO3. The van der Waals surface area contributed by atoms with Crippen LogP contribution in [0.4, 0.5) is 0 Å². The number of amides is 1. The first-order chi connectivity index (χ1) is 7.10. The molecule has 0 spiro atoms. The zero-order valence-corrected chi connectivity index (χ0v) is 9.11. The van der Waals surface area contributed by atoms with Crippen LogP contribution in [0.15, 0.2) is 18.2 Å². The molecule has 0 radical (unpaired) electrons. The Morgan fingerprint density at radius 2 is 2.00 bits per heavy atom. The molecule has 0 heterocycles. The smallest absolute Gasteiger partial charge is 0.224 e. The zero-order chi connectivity index (χ0) is 11.4. The van der Waals surface area contributed by atoms with E-state index >= 15 is 0 Å². The normalized spacial score (nSPS) is 11.9. The van der Waals surface area contributed by atoms with Gasteiger partial charge in [0.2, 0.25) is 5.91 Å². The molecule has 1 unspecified atom stereocenters. The van der Waals surface area contributed by atoms with Gasteiger partial charge in [0.25, 0.3) is 0 Å². The van der Waals surface area contributed by atoms with Crippen molar-refractivity contribution in [1.82, 2.24) is 0 Å². The number of hydrogen-bond donors (Lipinski definition) is 1. The maximum Gasteiger partial charge on any atom is 0.224 e. The first-order valence-corrected chi connectivity index (χ1v) is 4.61. The number of benzene rings is 1. The molecule has 0 saturated heterocycles. The Labute approximate surface area is 89.0 Å². The fourth-order valence-electron chi connectivity index (χ4n) is 1.33. The third kappa shape index (κ3) is 2.40. The van der Waals surface area contributed by atoms with Gasteiger partial charge in [-0.2, -0.15) is 0 Å². The van der Waals surface area contributed by atoms with Gasteiger partial charge in [-0.1, -0.05) is 6.07 Å². The lowest BCUT2D eigenvalue weighted by atomic mass is 9.99. The Hall–Kier alpha value is -1.71. The van der Waals surface area contributed by atoms with Crippen molar-refractivity contribution in [2.75, 3.05) is 14.2 Å². The van der Waals surface area contributed by atoms with Crippen LogP contribution in [-0.4, -0.2) is 20.1 Å². The summed E-state index contributed by atoms with van der Waals surface area (Å²) in [5.74, 6) is 0.553. The second kappa shape index (κ2) is 4.68. The lowest BCUT2D eigenvalue weighted by Crippen LogP contribution is -2.19. The van der Waals surface area contributed by atoms with E-state index in [1.165, 1.54) is 0 Å². The van der Waals surface area contributed by atoms with E-state index in [4.69, 9.17) is 15.2 Å². The van der Waals surface area contributed by atoms with Crippen molar-refractivity contribution < 1.29 is 14.3 Å². The highest BCUT2D eigenvalue weighted by atomic mass is 16.5. The van der Waals surface area contributed by atoms with Crippen molar-refractivity contribution in [2.24, 2.45) is 5.73 Å². The molecule has 0 aliphatic heterocycles. The lowest BCUT2D eigenvalue weighted by molar-refractivity contribution is -0.119. The minimum atomic E-state index is -0.376. The minimum absolute atomic E-state index is 0.370. The molecule has 0 aromatic heterocycles. The summed E-state index contributed by atoms with van der Waals surface area (Å²) in [6, 6.07) is 5.29. The number of methoxy groups -OCH3 is 2. The molecule has 4 heteroatoms. The predicted molar refractivity (Wildman–Crippen MR) is 57.2 cm³/mol. The summed E-state index contributed by atoms with van der Waals surface area (Å²) in [7, 11) is 3.12. The molecule has 0 aliphatic carbocycles. The average molecular weight is 209 g/mol. The Morgan fingerprint density at radius 3 is 2.47 bits per heavy atom. The van der Waals surface area contributed by atoms with Crippen molar-refractivity contribution in [3.8, 4) is 11.5 Å². The fraction of sp³-hybridized carbons (Fsp3) is 0.364. The number of rotatable bonds is 4. The number of carbonyl (C=O) groups excluding carboxylic acids is 1. The van der Waals surface area contributed by atoms with E-state index < -0.39 is 0 Å². The first-order valence-electron chi connectivity index (χ1n) is 4.61. The molecular weight excluding hydrogens is 194 g/mol. The van der Waals surface area contributed by atoms with E-state index in [9.17, 15) is 4.79 Å². The van der Waals surface area contributed by atoms with Crippen LogP contribution < -0.4 is 15.2 Å². The van der Waals surface area contributed by atoms with Crippen LogP contribution in [-0.2, 0) is 4.79 Å². The van der Waals surface area contributed by atoms with E-state index in [0.717, 1.165) is 5.56 Å². The van der Waals surface area contributed by atoms with Crippen molar-refractivity contribution >= 4 is 5.91 Å². The standard InChI is InChI=1S/C11H15NO3/c1-7(11(12)13)9-5-4-8(14-2)6-10(9)15-3/h4-7H,1-3H3,(H2,12,13). The van der Waals surface area contributed by atoms with Gasteiger partial charge in [0, 0.05) is 11.6 Å². The van der Waals surface area contributed by atoms with Crippen LogP contribution >= 0.6 is 0 Å². The highest BCUT2D eigenvalue weighted by Gasteiger charge is 2.16. The topological polar surface area (TPSA) is 61.5 Å².